The lowest BCUT2D eigenvalue weighted by molar-refractivity contribution is 0.139. The number of rotatable bonds is 7. The van der Waals surface area contributed by atoms with Crippen LogP contribution < -0.4 is 0 Å². The first-order chi connectivity index (χ1) is 5.56. The van der Waals surface area contributed by atoms with Gasteiger partial charge in [-0.15, -0.1) is 0 Å². The normalized spacial score (nSPS) is 11.8. The molecule has 4 nitrogen and oxygen atoms in total. The van der Waals surface area contributed by atoms with Gasteiger partial charge >= 0.3 is 9.33 Å². The van der Waals surface area contributed by atoms with Crippen LogP contribution in [-0.4, -0.2) is 28.2 Å². The summed E-state index contributed by atoms with van der Waals surface area (Å²) in [5.74, 6) is 0. The molecule has 0 amide bonds. The molecule has 0 fully saturated rings. The van der Waals surface area contributed by atoms with E-state index in [4.69, 9.17) is 15.4 Å². The number of ether oxygens (including phenoxy) is 1. The average Bonchev–Trinajstić information content (AvgIpc) is 1.94. The zero-order chi connectivity index (χ0) is 9.45. The van der Waals surface area contributed by atoms with Gasteiger partial charge in [-0.1, -0.05) is 0 Å². The molecule has 0 radical (unpaired) electrons. The summed E-state index contributed by atoms with van der Waals surface area (Å²) in [6.07, 6.45) is 1.41. The van der Waals surface area contributed by atoms with Crippen LogP contribution in [0.25, 0.3) is 0 Å². The van der Waals surface area contributed by atoms with Crippen molar-refractivity contribution in [2.24, 2.45) is 0 Å². The van der Waals surface area contributed by atoms with E-state index >= 15 is 0 Å². The summed E-state index contributed by atoms with van der Waals surface area (Å²) in [6, 6.07) is 0. The summed E-state index contributed by atoms with van der Waals surface area (Å²) in [7, 11) is 1.01. The maximum absolute atomic E-state index is 10.2. The smallest absolute Gasteiger partial charge is 0.355 e. The molecular formula is C6H13ClO4S. The highest BCUT2D eigenvalue weighted by atomic mass is 35.7. The van der Waals surface area contributed by atoms with Crippen LogP contribution >= 0.6 is 10.7 Å². The molecule has 74 valence electrons. The SMILES string of the molecule is CCOCCCCOS(=O)(=O)Cl. The van der Waals surface area contributed by atoms with Gasteiger partial charge in [0, 0.05) is 23.9 Å². The van der Waals surface area contributed by atoms with E-state index in [-0.39, 0.29) is 6.61 Å². The first-order valence-corrected chi connectivity index (χ1v) is 5.96. The molecule has 0 unspecified atom stereocenters. The van der Waals surface area contributed by atoms with Crippen LogP contribution in [0, 0.1) is 0 Å². The zero-order valence-electron chi connectivity index (χ0n) is 6.95. The number of halogens is 1. The Morgan fingerprint density at radius 2 is 1.83 bits per heavy atom. The lowest BCUT2D eigenvalue weighted by Gasteiger charge is -2.00. The highest BCUT2D eigenvalue weighted by Crippen LogP contribution is 2.00. The Morgan fingerprint density at radius 1 is 1.25 bits per heavy atom. The minimum Gasteiger partial charge on any atom is -0.382 e. The molecule has 0 N–H and O–H groups in total. The Hall–Kier alpha value is 0.160. The molecule has 0 aromatic heterocycles. The van der Waals surface area contributed by atoms with Crippen LogP contribution in [0.5, 0.6) is 0 Å². The topological polar surface area (TPSA) is 52.6 Å². The molecule has 0 aromatic carbocycles. The van der Waals surface area contributed by atoms with Crippen LogP contribution in [0.1, 0.15) is 19.8 Å². The van der Waals surface area contributed by atoms with E-state index in [1.54, 1.807) is 0 Å². The first-order valence-electron chi connectivity index (χ1n) is 3.73. The average molecular weight is 217 g/mol. The molecule has 0 heterocycles. The number of hydrogen-bond donors (Lipinski definition) is 0. The van der Waals surface area contributed by atoms with Gasteiger partial charge in [0.2, 0.25) is 0 Å². The summed E-state index contributed by atoms with van der Waals surface area (Å²) in [4.78, 5) is 0. The fourth-order valence-electron chi connectivity index (χ4n) is 0.609. The van der Waals surface area contributed by atoms with Crippen molar-refractivity contribution in [3.63, 3.8) is 0 Å². The third kappa shape index (κ3) is 10.2. The van der Waals surface area contributed by atoms with Crippen molar-refractivity contribution in [1.82, 2.24) is 0 Å². The van der Waals surface area contributed by atoms with Crippen LogP contribution in [0.4, 0.5) is 0 Å². The second kappa shape index (κ2) is 6.65. The van der Waals surface area contributed by atoms with Gasteiger partial charge in [0.05, 0.1) is 6.61 Å². The molecule has 0 atom stereocenters. The van der Waals surface area contributed by atoms with E-state index in [2.05, 4.69) is 4.18 Å². The second-order valence-corrected chi connectivity index (χ2v) is 4.27. The summed E-state index contributed by atoms with van der Waals surface area (Å²) < 4.78 is 29.8. The van der Waals surface area contributed by atoms with Crippen molar-refractivity contribution in [3.8, 4) is 0 Å². The van der Waals surface area contributed by atoms with E-state index in [0.717, 1.165) is 6.42 Å². The van der Waals surface area contributed by atoms with Crippen molar-refractivity contribution < 1.29 is 17.3 Å². The third-order valence-corrected chi connectivity index (χ3v) is 1.83. The highest BCUT2D eigenvalue weighted by Gasteiger charge is 2.02. The molecule has 0 bridgehead atoms. The molecule has 0 saturated heterocycles. The molecule has 0 saturated carbocycles. The largest absolute Gasteiger partial charge is 0.382 e. The van der Waals surface area contributed by atoms with Crippen molar-refractivity contribution in [3.05, 3.63) is 0 Å². The Balaban J connectivity index is 3.12. The van der Waals surface area contributed by atoms with E-state index in [1.807, 2.05) is 6.92 Å². The minimum absolute atomic E-state index is 0.124. The standard InChI is InChI=1S/C6H13ClO4S/c1-2-10-5-3-4-6-11-12(7,8)9/h2-6H2,1H3. The van der Waals surface area contributed by atoms with Gasteiger partial charge in [0.15, 0.2) is 0 Å². The van der Waals surface area contributed by atoms with Crippen LogP contribution in [0.15, 0.2) is 0 Å². The Kier molecular flexibility index (Phi) is 6.74. The predicted molar refractivity (Wildman–Crippen MR) is 46.5 cm³/mol. The predicted octanol–water partition coefficient (Wildman–Crippen LogP) is 1.30. The van der Waals surface area contributed by atoms with Gasteiger partial charge in [-0.25, -0.2) is 0 Å². The van der Waals surface area contributed by atoms with Crippen molar-refractivity contribution >= 4 is 20.0 Å². The summed E-state index contributed by atoms with van der Waals surface area (Å²) in [6.45, 7) is 3.33. The van der Waals surface area contributed by atoms with E-state index in [1.165, 1.54) is 0 Å². The molecule has 0 aliphatic rings. The molecule has 0 rings (SSSR count). The van der Waals surface area contributed by atoms with Gasteiger partial charge in [-0.2, -0.15) is 8.42 Å². The molecule has 6 heteroatoms. The quantitative estimate of drug-likeness (QED) is 0.476. The van der Waals surface area contributed by atoms with Gasteiger partial charge in [0.25, 0.3) is 0 Å². The van der Waals surface area contributed by atoms with Crippen LogP contribution in [0.3, 0.4) is 0 Å². The molecular weight excluding hydrogens is 204 g/mol. The van der Waals surface area contributed by atoms with Crippen LogP contribution in [0.2, 0.25) is 0 Å². The maximum atomic E-state index is 10.2. The number of hydrogen-bond acceptors (Lipinski definition) is 4. The summed E-state index contributed by atoms with van der Waals surface area (Å²) >= 11 is 0. The highest BCUT2D eigenvalue weighted by molar-refractivity contribution is 8.09. The second-order valence-electron chi connectivity index (χ2n) is 2.12. The van der Waals surface area contributed by atoms with E-state index < -0.39 is 9.33 Å². The van der Waals surface area contributed by atoms with E-state index in [0.29, 0.717) is 19.6 Å². The van der Waals surface area contributed by atoms with Crippen molar-refractivity contribution in [2.75, 3.05) is 19.8 Å². The molecule has 0 aromatic rings. The van der Waals surface area contributed by atoms with Gasteiger partial charge in [-0.3, -0.25) is 4.18 Å². The monoisotopic (exact) mass is 216 g/mol. The maximum Gasteiger partial charge on any atom is 0.355 e. The Bertz CT molecular complexity index is 190. The molecule has 0 spiro atoms. The molecule has 0 aliphatic carbocycles. The Morgan fingerprint density at radius 3 is 2.33 bits per heavy atom. The number of unbranched alkanes of at least 4 members (excludes halogenated alkanes) is 1. The van der Waals surface area contributed by atoms with Crippen molar-refractivity contribution in [2.45, 2.75) is 19.8 Å². The molecule has 12 heavy (non-hydrogen) atoms. The summed E-state index contributed by atoms with van der Waals surface area (Å²) in [5, 5.41) is 0. The fourth-order valence-corrected chi connectivity index (χ4v) is 1.11. The third-order valence-electron chi connectivity index (χ3n) is 1.11. The first kappa shape index (κ1) is 12.2. The van der Waals surface area contributed by atoms with Gasteiger partial charge in [-0.05, 0) is 19.8 Å². The van der Waals surface area contributed by atoms with Gasteiger partial charge in [0.1, 0.15) is 0 Å². The Labute approximate surface area is 77.4 Å². The fraction of sp³-hybridized carbons (Fsp3) is 1.00. The minimum atomic E-state index is -3.79. The van der Waals surface area contributed by atoms with Gasteiger partial charge < -0.3 is 4.74 Å². The van der Waals surface area contributed by atoms with Crippen LogP contribution in [-0.2, 0) is 18.3 Å². The zero-order valence-corrected chi connectivity index (χ0v) is 8.53. The van der Waals surface area contributed by atoms with Crippen molar-refractivity contribution in [1.29, 1.82) is 0 Å². The van der Waals surface area contributed by atoms with E-state index in [9.17, 15) is 8.42 Å². The lowest BCUT2D eigenvalue weighted by Crippen LogP contribution is -2.01. The lowest BCUT2D eigenvalue weighted by atomic mass is 10.3. The summed E-state index contributed by atoms with van der Waals surface area (Å²) in [5.41, 5.74) is 0. The molecule has 0 aliphatic heterocycles.